The van der Waals surface area contributed by atoms with E-state index in [0.29, 0.717) is 31.9 Å². The lowest BCUT2D eigenvalue weighted by molar-refractivity contribution is -0.152. The Morgan fingerprint density at radius 3 is 1.95 bits per heavy atom. The lowest BCUT2D eigenvalue weighted by Crippen LogP contribution is -2.61. The largest absolute Gasteiger partial charge is 0.458 e. The van der Waals surface area contributed by atoms with Gasteiger partial charge >= 0.3 is 18.1 Å². The molecule has 16 heteroatoms. The number of ether oxygens (including phenoxy) is 3. The fraction of sp³-hybridized carbons (Fsp3) is 0.465. The minimum Gasteiger partial charge on any atom is -0.458 e. The number of rotatable bonds is 20. The molecular formula is C43H58FN7O8. The third kappa shape index (κ3) is 15.6. The van der Waals surface area contributed by atoms with E-state index >= 15 is 0 Å². The molecule has 1 heterocycles. The molecule has 0 bridgehead atoms. The van der Waals surface area contributed by atoms with Crippen LogP contribution >= 0.6 is 0 Å². The first kappa shape index (κ1) is 46.1. The first-order valence-electron chi connectivity index (χ1n) is 19.9. The van der Waals surface area contributed by atoms with E-state index in [2.05, 4.69) is 26.7 Å². The van der Waals surface area contributed by atoms with Gasteiger partial charge in [0.2, 0.25) is 5.91 Å². The summed E-state index contributed by atoms with van der Waals surface area (Å²) in [6, 6.07) is 20.8. The minimum absolute atomic E-state index is 0.00144. The number of morpholine rings is 1. The molecule has 5 amide bonds. The third-order valence-electron chi connectivity index (χ3n) is 9.60. The molecule has 0 saturated carbocycles. The monoisotopic (exact) mass is 819 g/mol. The smallest absolute Gasteiger partial charge is 0.408 e. The molecule has 3 aromatic carbocycles. The number of benzene rings is 3. The number of carbonyl (C=O) groups is 5. The van der Waals surface area contributed by atoms with Gasteiger partial charge in [0.1, 0.15) is 30.6 Å². The quantitative estimate of drug-likeness (QED) is 0.0837. The molecule has 2 unspecified atom stereocenters. The molecule has 4 rings (SSSR count). The van der Waals surface area contributed by atoms with Crippen molar-refractivity contribution in [2.24, 2.45) is 11.8 Å². The van der Waals surface area contributed by atoms with Crippen molar-refractivity contribution >= 4 is 29.9 Å². The van der Waals surface area contributed by atoms with Crippen molar-refractivity contribution in [2.45, 2.75) is 71.5 Å². The molecule has 0 aromatic heterocycles. The summed E-state index contributed by atoms with van der Waals surface area (Å²) in [6.07, 6.45) is -1.68. The maximum atomic E-state index is 14.2. The van der Waals surface area contributed by atoms with Gasteiger partial charge in [-0.1, -0.05) is 100 Å². The molecule has 0 spiro atoms. The first-order chi connectivity index (χ1) is 28.3. The summed E-state index contributed by atoms with van der Waals surface area (Å²) in [5, 5.41) is 12.9. The van der Waals surface area contributed by atoms with E-state index < -0.39 is 60.0 Å². The van der Waals surface area contributed by atoms with Crippen LogP contribution in [0.1, 0.15) is 44.4 Å². The number of halogens is 1. The van der Waals surface area contributed by atoms with Crippen LogP contribution in [-0.2, 0) is 48.2 Å². The van der Waals surface area contributed by atoms with Crippen molar-refractivity contribution in [1.29, 1.82) is 0 Å². The maximum absolute atomic E-state index is 14.2. The second kappa shape index (κ2) is 23.7. The number of hydrogen-bond donors (Lipinski definition) is 5. The second-order valence-electron chi connectivity index (χ2n) is 15.0. The SMILES string of the molecule is CNCC(=O)OC(CN(Cc1ccc(F)cc1)NC(=O)[C@@H](NC(=O)OCc1ccccc1)C(C)C)C(Cc1ccccc1)NC(=O)[C@@H](NC(=O)N1CCOCC1)C(C)C. The lowest BCUT2D eigenvalue weighted by atomic mass is 9.98. The molecular weight excluding hydrogens is 762 g/mol. The van der Waals surface area contributed by atoms with Gasteiger partial charge in [-0.2, -0.15) is 0 Å². The molecule has 1 fully saturated rings. The molecule has 4 atom stereocenters. The zero-order valence-corrected chi connectivity index (χ0v) is 34.4. The van der Waals surface area contributed by atoms with Crippen molar-refractivity contribution in [3.05, 3.63) is 107 Å². The molecule has 59 heavy (non-hydrogen) atoms. The fourth-order valence-corrected chi connectivity index (χ4v) is 6.37. The second-order valence-corrected chi connectivity index (χ2v) is 15.0. The van der Waals surface area contributed by atoms with Gasteiger partial charge in [-0.3, -0.25) is 19.8 Å². The van der Waals surface area contributed by atoms with E-state index in [1.54, 1.807) is 37.9 Å². The van der Waals surface area contributed by atoms with Crippen molar-refractivity contribution < 1.29 is 42.6 Å². The van der Waals surface area contributed by atoms with Gasteiger partial charge in [0, 0.05) is 19.6 Å². The summed E-state index contributed by atoms with van der Waals surface area (Å²) in [5.74, 6) is -2.87. The molecule has 0 aliphatic carbocycles. The topological polar surface area (TPSA) is 180 Å². The van der Waals surface area contributed by atoms with E-state index in [1.807, 2.05) is 74.5 Å². The lowest BCUT2D eigenvalue weighted by Gasteiger charge is -2.35. The Kier molecular flexibility index (Phi) is 18.5. The van der Waals surface area contributed by atoms with Gasteiger partial charge in [-0.25, -0.2) is 19.0 Å². The van der Waals surface area contributed by atoms with E-state index in [-0.39, 0.29) is 44.5 Å². The highest BCUT2D eigenvalue weighted by molar-refractivity contribution is 5.88. The van der Waals surface area contributed by atoms with E-state index in [1.165, 1.54) is 17.1 Å². The molecule has 1 aliphatic rings. The Hall–Kier alpha value is -5.58. The highest BCUT2D eigenvalue weighted by Gasteiger charge is 2.35. The van der Waals surface area contributed by atoms with Gasteiger partial charge in [0.25, 0.3) is 5.91 Å². The highest BCUT2D eigenvalue weighted by atomic mass is 19.1. The van der Waals surface area contributed by atoms with Gasteiger partial charge in [0.15, 0.2) is 0 Å². The van der Waals surface area contributed by atoms with Gasteiger partial charge < -0.3 is 40.4 Å². The number of hydrazine groups is 1. The van der Waals surface area contributed by atoms with Gasteiger partial charge in [-0.05, 0) is 54.1 Å². The van der Waals surface area contributed by atoms with Crippen LogP contribution in [0, 0.1) is 17.7 Å². The standard InChI is InChI=1S/C43H58FN7O8/c1-29(2)38(47-42(55)50-20-22-57-23-21-50)40(53)46-35(24-31-12-8-6-9-13-31)36(59-37(52)25-45-5)27-51(26-32-16-18-34(44)19-17-32)49-41(54)39(30(3)4)48-43(56)58-28-33-14-10-7-11-15-33/h6-19,29-30,35-36,38-39,45H,20-28H2,1-5H3,(H,46,53)(H,47,55)(H,48,56)(H,49,54)/t35?,36?,38-,39-/m0/s1. The Morgan fingerprint density at radius 1 is 0.763 bits per heavy atom. The predicted molar refractivity (Wildman–Crippen MR) is 219 cm³/mol. The highest BCUT2D eigenvalue weighted by Crippen LogP contribution is 2.16. The van der Waals surface area contributed by atoms with Crippen molar-refractivity contribution in [2.75, 3.05) is 46.4 Å². The summed E-state index contributed by atoms with van der Waals surface area (Å²) in [4.78, 5) is 69.3. The molecule has 15 nitrogen and oxygen atoms in total. The molecule has 1 aliphatic heterocycles. The van der Waals surface area contributed by atoms with Crippen LogP contribution in [0.2, 0.25) is 0 Å². The maximum Gasteiger partial charge on any atom is 0.408 e. The first-order valence-corrected chi connectivity index (χ1v) is 19.9. The van der Waals surface area contributed by atoms with Crippen LogP contribution in [-0.4, -0.2) is 110 Å². The third-order valence-corrected chi connectivity index (χ3v) is 9.60. The summed E-state index contributed by atoms with van der Waals surface area (Å²) in [7, 11) is 1.59. The average molecular weight is 820 g/mol. The van der Waals surface area contributed by atoms with E-state index in [9.17, 15) is 28.4 Å². The van der Waals surface area contributed by atoms with Gasteiger partial charge in [-0.15, -0.1) is 0 Å². The van der Waals surface area contributed by atoms with Crippen LogP contribution in [0.25, 0.3) is 0 Å². The van der Waals surface area contributed by atoms with Crippen LogP contribution in [0.3, 0.4) is 0 Å². The molecule has 320 valence electrons. The Bertz CT molecular complexity index is 1780. The zero-order chi connectivity index (χ0) is 42.7. The van der Waals surface area contributed by atoms with Crippen molar-refractivity contribution in [3.63, 3.8) is 0 Å². The molecule has 5 N–H and O–H groups in total. The number of hydrogen-bond acceptors (Lipinski definition) is 10. The average Bonchev–Trinajstić information content (AvgIpc) is 3.22. The van der Waals surface area contributed by atoms with Crippen LogP contribution in [0.5, 0.6) is 0 Å². The van der Waals surface area contributed by atoms with E-state index in [0.717, 1.165) is 11.1 Å². The summed E-state index contributed by atoms with van der Waals surface area (Å²) in [6.45, 7) is 8.42. The number of likely N-dealkylation sites (N-methyl/N-ethyl adjacent to an activating group) is 1. The van der Waals surface area contributed by atoms with Crippen LogP contribution < -0.4 is 26.7 Å². The number of alkyl carbamates (subject to hydrolysis) is 1. The molecule has 0 radical (unpaired) electrons. The summed E-state index contributed by atoms with van der Waals surface area (Å²) < 4.78 is 30.9. The van der Waals surface area contributed by atoms with E-state index in [4.69, 9.17) is 14.2 Å². The number of esters is 1. The summed E-state index contributed by atoms with van der Waals surface area (Å²) >= 11 is 0. The normalized spacial score (nSPS) is 14.8. The molecule has 3 aromatic rings. The Morgan fingerprint density at radius 2 is 1.36 bits per heavy atom. The Balaban J connectivity index is 1.64. The summed E-state index contributed by atoms with van der Waals surface area (Å²) in [5.41, 5.74) is 5.09. The number of carbonyl (C=O) groups excluding carboxylic acids is 5. The van der Waals surface area contributed by atoms with Crippen LogP contribution in [0.15, 0.2) is 84.9 Å². The predicted octanol–water partition coefficient (Wildman–Crippen LogP) is 3.54. The minimum atomic E-state index is -1.09. The number of urea groups is 1. The zero-order valence-electron chi connectivity index (χ0n) is 34.4. The van der Waals surface area contributed by atoms with Crippen LogP contribution in [0.4, 0.5) is 14.0 Å². The van der Waals surface area contributed by atoms with Crippen molar-refractivity contribution in [1.82, 2.24) is 36.6 Å². The van der Waals surface area contributed by atoms with Gasteiger partial charge in [0.05, 0.1) is 32.3 Å². The Labute approximate surface area is 345 Å². The number of nitrogens with one attached hydrogen (secondary N) is 5. The number of amides is 5. The molecule has 1 saturated heterocycles. The van der Waals surface area contributed by atoms with Crippen molar-refractivity contribution in [3.8, 4) is 0 Å². The number of nitrogens with zero attached hydrogens (tertiary/aromatic N) is 2. The fourth-order valence-electron chi connectivity index (χ4n) is 6.37.